The molecule has 1 aliphatic rings. The molecule has 0 aromatic heterocycles. The Kier molecular flexibility index (Phi) is 8.34. The largest absolute Gasteiger partial charge is 0.345 e. The highest BCUT2D eigenvalue weighted by Gasteiger charge is 2.32. The minimum absolute atomic E-state index is 0.165. The van der Waals surface area contributed by atoms with E-state index in [0.717, 1.165) is 22.3 Å². The Morgan fingerprint density at radius 2 is 1.34 bits per heavy atom. The maximum atomic E-state index is 13.4. The minimum Gasteiger partial charge on any atom is -0.345 e. The molecule has 7 nitrogen and oxygen atoms in total. The van der Waals surface area contributed by atoms with Gasteiger partial charge in [0.05, 0.1) is 11.4 Å². The second kappa shape index (κ2) is 12.4. The molecular weight excluding hydrogens is 512 g/mol. The number of benzodiazepines with no additional fused rings is 1. The van der Waals surface area contributed by atoms with Crippen LogP contribution in [0.2, 0.25) is 0 Å². The van der Waals surface area contributed by atoms with Gasteiger partial charge in [-0.1, -0.05) is 109 Å². The van der Waals surface area contributed by atoms with Crippen LogP contribution in [0.3, 0.4) is 0 Å². The SMILES string of the molecule is C[C@H](NC(=O)CC(c1ccccc1)c1ccccc1)C(=O)NC1N=C(c2ccccc2)c2ccccc2N(C)C1=O. The first-order chi connectivity index (χ1) is 19.9. The number of rotatable bonds is 8. The summed E-state index contributed by atoms with van der Waals surface area (Å²) in [5, 5.41) is 5.58. The number of carbonyl (C=O) groups excluding carboxylic acids is 3. The van der Waals surface area contributed by atoms with Crippen LogP contribution in [-0.2, 0) is 14.4 Å². The summed E-state index contributed by atoms with van der Waals surface area (Å²) in [6, 6.07) is 35.8. The number of carbonyl (C=O) groups is 3. The molecule has 1 aliphatic heterocycles. The summed E-state index contributed by atoms with van der Waals surface area (Å²) < 4.78 is 0. The Labute approximate surface area is 239 Å². The summed E-state index contributed by atoms with van der Waals surface area (Å²) >= 11 is 0. The van der Waals surface area contributed by atoms with E-state index in [0.29, 0.717) is 11.4 Å². The lowest BCUT2D eigenvalue weighted by atomic mass is 9.88. The van der Waals surface area contributed by atoms with E-state index in [9.17, 15) is 14.4 Å². The highest BCUT2D eigenvalue weighted by Crippen LogP contribution is 2.29. The molecule has 0 radical (unpaired) electrons. The molecule has 0 aliphatic carbocycles. The van der Waals surface area contributed by atoms with Crippen molar-refractivity contribution in [1.82, 2.24) is 10.6 Å². The summed E-state index contributed by atoms with van der Waals surface area (Å²) in [6.45, 7) is 1.61. The fourth-order valence-electron chi connectivity index (χ4n) is 5.05. The molecular formula is C34H32N4O3. The van der Waals surface area contributed by atoms with Crippen molar-refractivity contribution in [3.63, 3.8) is 0 Å². The van der Waals surface area contributed by atoms with Crippen LogP contribution in [0.1, 0.15) is 41.5 Å². The fourth-order valence-corrected chi connectivity index (χ4v) is 5.05. The van der Waals surface area contributed by atoms with Gasteiger partial charge in [-0.3, -0.25) is 14.4 Å². The number of hydrogen-bond donors (Lipinski definition) is 2. The Hall–Kier alpha value is -5.04. The predicted molar refractivity (Wildman–Crippen MR) is 161 cm³/mol. The first kappa shape index (κ1) is 27.5. The first-order valence-electron chi connectivity index (χ1n) is 13.6. The van der Waals surface area contributed by atoms with Crippen LogP contribution in [-0.4, -0.2) is 42.7 Å². The standard InChI is InChI=1S/C34H32N4O3/c1-23(35-30(39)22-28(24-14-6-3-7-15-24)25-16-8-4-9-17-25)33(40)37-32-34(41)38(2)29-21-13-12-20-27(29)31(36-32)26-18-10-5-11-19-26/h3-21,23,28,32H,22H2,1-2H3,(H,35,39)(H,37,40)/t23-,32?/m0/s1. The number of aliphatic imine (C=N–C) groups is 1. The maximum absolute atomic E-state index is 13.4. The van der Waals surface area contributed by atoms with Gasteiger partial charge in [0.1, 0.15) is 6.04 Å². The molecule has 1 heterocycles. The van der Waals surface area contributed by atoms with Gasteiger partial charge < -0.3 is 15.5 Å². The fraction of sp³-hybridized carbons (Fsp3) is 0.176. The van der Waals surface area contributed by atoms with Crippen molar-refractivity contribution in [3.05, 3.63) is 138 Å². The van der Waals surface area contributed by atoms with Crippen molar-refractivity contribution in [2.24, 2.45) is 4.99 Å². The van der Waals surface area contributed by atoms with Crippen LogP contribution in [0.4, 0.5) is 5.69 Å². The van der Waals surface area contributed by atoms with E-state index in [1.54, 1.807) is 14.0 Å². The minimum atomic E-state index is -1.16. The molecule has 206 valence electrons. The molecule has 5 rings (SSSR count). The van der Waals surface area contributed by atoms with E-state index >= 15 is 0 Å². The Morgan fingerprint density at radius 3 is 1.95 bits per heavy atom. The molecule has 1 unspecified atom stereocenters. The number of nitrogens with one attached hydrogen (secondary N) is 2. The summed E-state index contributed by atoms with van der Waals surface area (Å²) in [6.07, 6.45) is -0.988. The average molecular weight is 545 g/mol. The molecule has 41 heavy (non-hydrogen) atoms. The van der Waals surface area contributed by atoms with Crippen LogP contribution in [0.15, 0.2) is 120 Å². The molecule has 2 atom stereocenters. The number of hydrogen-bond acceptors (Lipinski definition) is 4. The smallest absolute Gasteiger partial charge is 0.272 e. The third-order valence-electron chi connectivity index (χ3n) is 7.23. The molecule has 4 aromatic carbocycles. The van der Waals surface area contributed by atoms with Crippen LogP contribution < -0.4 is 15.5 Å². The van der Waals surface area contributed by atoms with Gasteiger partial charge in [-0.25, -0.2) is 4.99 Å². The molecule has 7 heteroatoms. The molecule has 0 saturated carbocycles. The summed E-state index contributed by atoms with van der Waals surface area (Å²) in [5.74, 6) is -1.30. The highest BCUT2D eigenvalue weighted by atomic mass is 16.2. The zero-order chi connectivity index (χ0) is 28.8. The monoisotopic (exact) mass is 544 g/mol. The van der Waals surface area contributed by atoms with Crippen LogP contribution in [0.25, 0.3) is 0 Å². The van der Waals surface area contributed by atoms with Gasteiger partial charge in [-0.15, -0.1) is 0 Å². The van der Waals surface area contributed by atoms with E-state index in [4.69, 9.17) is 4.99 Å². The van der Waals surface area contributed by atoms with Crippen molar-refractivity contribution in [2.45, 2.75) is 31.5 Å². The highest BCUT2D eigenvalue weighted by molar-refractivity contribution is 6.20. The van der Waals surface area contributed by atoms with Crippen molar-refractivity contribution in [3.8, 4) is 0 Å². The summed E-state index contributed by atoms with van der Waals surface area (Å²) in [4.78, 5) is 46.1. The Balaban J connectivity index is 1.33. The van der Waals surface area contributed by atoms with Crippen molar-refractivity contribution < 1.29 is 14.4 Å². The Bertz CT molecular complexity index is 1520. The summed E-state index contributed by atoms with van der Waals surface area (Å²) in [5.41, 5.74) is 4.96. The van der Waals surface area contributed by atoms with E-state index < -0.39 is 18.1 Å². The van der Waals surface area contributed by atoms with Gasteiger partial charge in [0.25, 0.3) is 5.91 Å². The van der Waals surface area contributed by atoms with E-state index in [-0.39, 0.29) is 24.2 Å². The first-order valence-corrected chi connectivity index (χ1v) is 13.6. The van der Waals surface area contributed by atoms with Crippen molar-refractivity contribution in [2.75, 3.05) is 11.9 Å². The third-order valence-corrected chi connectivity index (χ3v) is 7.23. The number of likely N-dealkylation sites (N-methyl/N-ethyl adjacent to an activating group) is 1. The Morgan fingerprint density at radius 1 is 0.805 bits per heavy atom. The van der Waals surface area contributed by atoms with Gasteiger partial charge in [-0.05, 0) is 24.1 Å². The topological polar surface area (TPSA) is 90.9 Å². The van der Waals surface area contributed by atoms with Gasteiger partial charge in [0.15, 0.2) is 0 Å². The number of anilines is 1. The van der Waals surface area contributed by atoms with Gasteiger partial charge in [0.2, 0.25) is 18.0 Å². The van der Waals surface area contributed by atoms with Gasteiger partial charge in [-0.2, -0.15) is 0 Å². The zero-order valence-corrected chi connectivity index (χ0v) is 23.0. The van der Waals surface area contributed by atoms with Crippen molar-refractivity contribution >= 4 is 29.1 Å². The van der Waals surface area contributed by atoms with Crippen LogP contribution >= 0.6 is 0 Å². The number of fused-ring (bicyclic) bond motifs is 1. The molecule has 0 saturated heterocycles. The average Bonchev–Trinajstić information content (AvgIpc) is 3.11. The normalized spacial score (nSPS) is 15.4. The lowest BCUT2D eigenvalue weighted by Crippen LogP contribution is -2.52. The second-order valence-electron chi connectivity index (χ2n) is 10.0. The van der Waals surface area contributed by atoms with E-state index in [1.807, 2.05) is 115 Å². The quantitative estimate of drug-likeness (QED) is 0.338. The molecule has 0 spiro atoms. The van der Waals surface area contributed by atoms with Gasteiger partial charge in [0, 0.05) is 30.5 Å². The van der Waals surface area contributed by atoms with Crippen molar-refractivity contribution in [1.29, 1.82) is 0 Å². The number of amides is 3. The lowest BCUT2D eigenvalue weighted by molar-refractivity contribution is -0.131. The van der Waals surface area contributed by atoms with Gasteiger partial charge >= 0.3 is 0 Å². The molecule has 3 amide bonds. The lowest BCUT2D eigenvalue weighted by Gasteiger charge is -2.23. The number of para-hydroxylation sites is 1. The number of nitrogens with zero attached hydrogens (tertiary/aromatic N) is 2. The van der Waals surface area contributed by atoms with Crippen LogP contribution in [0.5, 0.6) is 0 Å². The number of benzene rings is 4. The molecule has 2 N–H and O–H groups in total. The van der Waals surface area contributed by atoms with E-state index in [1.165, 1.54) is 4.90 Å². The second-order valence-corrected chi connectivity index (χ2v) is 10.0. The molecule has 4 aromatic rings. The predicted octanol–water partition coefficient (Wildman–Crippen LogP) is 4.67. The van der Waals surface area contributed by atoms with Crippen LogP contribution in [0, 0.1) is 0 Å². The molecule has 0 bridgehead atoms. The third kappa shape index (κ3) is 6.25. The van der Waals surface area contributed by atoms with E-state index in [2.05, 4.69) is 10.6 Å². The molecule has 0 fully saturated rings. The summed E-state index contributed by atoms with van der Waals surface area (Å²) in [7, 11) is 1.67. The maximum Gasteiger partial charge on any atom is 0.272 e. The zero-order valence-electron chi connectivity index (χ0n) is 23.0.